The largest absolute Gasteiger partial charge is 0.481 e. The maximum Gasteiger partial charge on any atom is 0.310 e. The zero-order valence-corrected chi connectivity index (χ0v) is 11.4. The van der Waals surface area contributed by atoms with Crippen LogP contribution in [0.25, 0.3) is 0 Å². The first-order valence-electron chi connectivity index (χ1n) is 5.40. The van der Waals surface area contributed by atoms with Gasteiger partial charge in [0.05, 0.1) is 5.92 Å². The minimum absolute atomic E-state index is 0.321. The van der Waals surface area contributed by atoms with Crippen molar-refractivity contribution in [3.05, 3.63) is 35.4 Å². The molecule has 0 aliphatic carbocycles. The van der Waals surface area contributed by atoms with Crippen LogP contribution in [0.15, 0.2) is 24.3 Å². The Bertz CT molecular complexity index is 357. The molecular weight excluding hydrogens is 268 g/mol. The molecule has 0 bridgehead atoms. The molecular formula is C13H17BrO2. The lowest BCUT2D eigenvalue weighted by molar-refractivity contribution is -0.138. The van der Waals surface area contributed by atoms with E-state index in [-0.39, 0.29) is 0 Å². The normalized spacial score (nSPS) is 14.8. The number of carboxylic acids is 1. The lowest BCUT2D eigenvalue weighted by Gasteiger charge is -2.15. The van der Waals surface area contributed by atoms with Gasteiger partial charge < -0.3 is 5.11 Å². The summed E-state index contributed by atoms with van der Waals surface area (Å²) in [5, 5.41) is 8.89. The summed E-state index contributed by atoms with van der Waals surface area (Å²) in [7, 11) is 0. The van der Waals surface area contributed by atoms with Crippen LogP contribution in [-0.2, 0) is 4.79 Å². The molecule has 0 amide bonds. The molecule has 1 N–H and O–H groups in total. The first-order chi connectivity index (χ1) is 7.43. The molecule has 3 heteroatoms. The monoisotopic (exact) mass is 284 g/mol. The molecule has 0 saturated heterocycles. The van der Waals surface area contributed by atoms with Crippen LogP contribution in [0.3, 0.4) is 0 Å². The Kier molecular flexibility index (Phi) is 4.54. The number of aliphatic carboxylic acids is 1. The van der Waals surface area contributed by atoms with Gasteiger partial charge in [0.25, 0.3) is 0 Å². The third-order valence-electron chi connectivity index (χ3n) is 2.71. The Morgan fingerprint density at radius 2 is 1.56 bits per heavy atom. The van der Waals surface area contributed by atoms with E-state index in [1.807, 2.05) is 24.3 Å². The maximum absolute atomic E-state index is 10.8. The minimum Gasteiger partial charge on any atom is -0.481 e. The number of carboxylic acid groups (broad SMARTS) is 1. The molecule has 0 heterocycles. The van der Waals surface area contributed by atoms with Crippen molar-refractivity contribution in [1.82, 2.24) is 0 Å². The van der Waals surface area contributed by atoms with Gasteiger partial charge in [0.1, 0.15) is 0 Å². The molecule has 0 fully saturated rings. The summed E-state index contributed by atoms with van der Waals surface area (Å²) in [6, 6.07) is 7.78. The molecule has 0 spiro atoms. The molecule has 88 valence electrons. The van der Waals surface area contributed by atoms with E-state index >= 15 is 0 Å². The zero-order chi connectivity index (χ0) is 12.3. The average molecular weight is 285 g/mol. The summed E-state index contributed by atoms with van der Waals surface area (Å²) in [5.41, 5.74) is 2.04. The van der Waals surface area contributed by atoms with Crippen molar-refractivity contribution in [2.45, 2.75) is 31.5 Å². The fraction of sp³-hybridized carbons (Fsp3) is 0.462. The fourth-order valence-electron chi connectivity index (χ4n) is 1.50. The second kappa shape index (κ2) is 5.48. The lowest BCUT2D eigenvalue weighted by Crippen LogP contribution is -2.07. The first-order valence-corrected chi connectivity index (χ1v) is 6.31. The number of benzene rings is 1. The van der Waals surface area contributed by atoms with Crippen LogP contribution in [0.1, 0.15) is 42.6 Å². The van der Waals surface area contributed by atoms with E-state index in [2.05, 4.69) is 29.8 Å². The number of halogens is 1. The predicted molar refractivity (Wildman–Crippen MR) is 69.0 cm³/mol. The van der Waals surface area contributed by atoms with E-state index in [0.717, 1.165) is 5.56 Å². The maximum atomic E-state index is 10.8. The van der Waals surface area contributed by atoms with E-state index in [4.69, 9.17) is 5.11 Å². The van der Waals surface area contributed by atoms with Gasteiger partial charge in [-0.15, -0.1) is 0 Å². The highest BCUT2D eigenvalue weighted by molar-refractivity contribution is 9.09. The van der Waals surface area contributed by atoms with Crippen molar-refractivity contribution in [3.8, 4) is 0 Å². The van der Waals surface area contributed by atoms with Crippen LogP contribution < -0.4 is 0 Å². The van der Waals surface area contributed by atoms with Gasteiger partial charge in [0.15, 0.2) is 0 Å². The van der Waals surface area contributed by atoms with E-state index < -0.39 is 11.9 Å². The molecule has 1 aromatic carbocycles. The summed E-state index contributed by atoms with van der Waals surface area (Å²) in [6.45, 7) is 5.99. The van der Waals surface area contributed by atoms with Crippen LogP contribution >= 0.6 is 15.9 Å². The third-order valence-corrected chi connectivity index (χ3v) is 4.30. The highest BCUT2D eigenvalue weighted by Gasteiger charge is 2.15. The summed E-state index contributed by atoms with van der Waals surface area (Å²) < 4.78 is 0. The fourth-order valence-corrected chi connectivity index (χ4v) is 1.80. The van der Waals surface area contributed by atoms with Crippen molar-refractivity contribution < 1.29 is 9.90 Å². The number of hydrogen-bond donors (Lipinski definition) is 1. The van der Waals surface area contributed by atoms with Crippen molar-refractivity contribution >= 4 is 21.9 Å². The van der Waals surface area contributed by atoms with Crippen molar-refractivity contribution in [1.29, 1.82) is 0 Å². The van der Waals surface area contributed by atoms with Gasteiger partial charge in [-0.1, -0.05) is 54.0 Å². The Labute approximate surface area is 105 Å². The molecule has 1 aromatic rings. The first kappa shape index (κ1) is 13.2. The highest BCUT2D eigenvalue weighted by atomic mass is 79.9. The number of hydrogen-bond acceptors (Lipinski definition) is 1. The molecule has 0 unspecified atom stereocenters. The lowest BCUT2D eigenvalue weighted by atomic mass is 9.97. The SMILES string of the molecule is CC(C)[C@@H](Br)c1ccc([C@H](C)C(=O)O)cc1. The van der Waals surface area contributed by atoms with Gasteiger partial charge >= 0.3 is 5.97 Å². The number of rotatable bonds is 4. The van der Waals surface area contributed by atoms with Gasteiger partial charge in [-0.05, 0) is 24.0 Å². The third kappa shape index (κ3) is 3.08. The highest BCUT2D eigenvalue weighted by Crippen LogP contribution is 2.31. The predicted octanol–water partition coefficient (Wildman–Crippen LogP) is 3.97. The Morgan fingerprint density at radius 1 is 1.12 bits per heavy atom. The Morgan fingerprint density at radius 3 is 1.94 bits per heavy atom. The standard InChI is InChI=1S/C13H17BrO2/c1-8(2)12(14)11-6-4-10(5-7-11)9(3)13(15)16/h4-9,12H,1-3H3,(H,15,16)/t9-,12+/m0/s1. The Balaban J connectivity index is 2.87. The van der Waals surface area contributed by atoms with Crippen molar-refractivity contribution in [3.63, 3.8) is 0 Å². The van der Waals surface area contributed by atoms with Gasteiger partial charge in [0, 0.05) is 4.83 Å². The second-order valence-corrected chi connectivity index (χ2v) is 5.36. The molecule has 0 aromatic heterocycles. The second-order valence-electron chi connectivity index (χ2n) is 4.37. The van der Waals surface area contributed by atoms with Crippen LogP contribution in [0, 0.1) is 5.92 Å². The number of alkyl halides is 1. The van der Waals surface area contributed by atoms with Crippen molar-refractivity contribution in [2.24, 2.45) is 5.92 Å². The van der Waals surface area contributed by atoms with E-state index in [0.29, 0.717) is 10.7 Å². The smallest absolute Gasteiger partial charge is 0.310 e. The molecule has 16 heavy (non-hydrogen) atoms. The number of carbonyl (C=O) groups is 1. The van der Waals surface area contributed by atoms with Crippen LogP contribution in [0.5, 0.6) is 0 Å². The van der Waals surface area contributed by atoms with Crippen molar-refractivity contribution in [2.75, 3.05) is 0 Å². The molecule has 1 rings (SSSR count). The van der Waals surface area contributed by atoms with E-state index in [1.165, 1.54) is 5.56 Å². The van der Waals surface area contributed by atoms with Crippen LogP contribution in [-0.4, -0.2) is 11.1 Å². The molecule has 2 atom stereocenters. The van der Waals surface area contributed by atoms with Gasteiger partial charge in [0.2, 0.25) is 0 Å². The molecule has 0 radical (unpaired) electrons. The summed E-state index contributed by atoms with van der Waals surface area (Å²) in [6.07, 6.45) is 0. The topological polar surface area (TPSA) is 37.3 Å². The summed E-state index contributed by atoms with van der Waals surface area (Å²) >= 11 is 3.62. The molecule has 0 saturated carbocycles. The van der Waals surface area contributed by atoms with Gasteiger partial charge in [-0.3, -0.25) is 4.79 Å². The zero-order valence-electron chi connectivity index (χ0n) is 9.77. The van der Waals surface area contributed by atoms with E-state index in [1.54, 1.807) is 6.92 Å². The van der Waals surface area contributed by atoms with Crippen LogP contribution in [0.2, 0.25) is 0 Å². The average Bonchev–Trinajstić information content (AvgIpc) is 2.27. The quantitative estimate of drug-likeness (QED) is 0.850. The minimum atomic E-state index is -0.785. The van der Waals surface area contributed by atoms with Crippen LogP contribution in [0.4, 0.5) is 0 Å². The summed E-state index contributed by atoms with van der Waals surface area (Å²) in [5.74, 6) is -0.711. The molecule has 0 aliphatic rings. The van der Waals surface area contributed by atoms with Gasteiger partial charge in [-0.2, -0.15) is 0 Å². The Hall–Kier alpha value is -0.830. The molecule has 2 nitrogen and oxygen atoms in total. The van der Waals surface area contributed by atoms with E-state index in [9.17, 15) is 4.79 Å². The van der Waals surface area contributed by atoms with Gasteiger partial charge in [-0.25, -0.2) is 0 Å². The summed E-state index contributed by atoms with van der Waals surface area (Å²) in [4.78, 5) is 11.1. The molecule has 0 aliphatic heterocycles.